The maximum Gasteiger partial charge on any atom is 0.265 e. The molecule has 1 aliphatic heterocycles. The van der Waals surface area contributed by atoms with E-state index in [9.17, 15) is 9.59 Å². The maximum atomic E-state index is 12.6. The van der Waals surface area contributed by atoms with Crippen molar-refractivity contribution < 1.29 is 19.1 Å². The zero-order chi connectivity index (χ0) is 23.4. The van der Waals surface area contributed by atoms with E-state index in [1.165, 1.54) is 11.8 Å². The maximum absolute atomic E-state index is 12.6. The van der Waals surface area contributed by atoms with Crippen molar-refractivity contribution in [1.82, 2.24) is 14.8 Å². The summed E-state index contributed by atoms with van der Waals surface area (Å²) in [4.78, 5) is 26.7. The van der Waals surface area contributed by atoms with Crippen LogP contribution in [-0.2, 0) is 16.6 Å². The molecule has 3 aromatic rings. The van der Waals surface area contributed by atoms with Crippen molar-refractivity contribution >= 4 is 35.0 Å². The van der Waals surface area contributed by atoms with Crippen LogP contribution in [0.3, 0.4) is 0 Å². The van der Waals surface area contributed by atoms with Gasteiger partial charge in [0.2, 0.25) is 5.91 Å². The number of anilines is 2. The van der Waals surface area contributed by atoms with Gasteiger partial charge < -0.3 is 19.4 Å². The zero-order valence-corrected chi connectivity index (χ0v) is 19.5. The molecule has 0 saturated carbocycles. The predicted molar refractivity (Wildman–Crippen MR) is 126 cm³/mol. The summed E-state index contributed by atoms with van der Waals surface area (Å²) in [6.07, 6.45) is 0. The number of hydrogen-bond acceptors (Lipinski definition) is 7. The lowest BCUT2D eigenvalue weighted by Crippen LogP contribution is -2.41. The molecule has 2 aromatic carbocycles. The Morgan fingerprint density at radius 2 is 1.97 bits per heavy atom. The molecule has 0 aliphatic carbocycles. The third kappa shape index (κ3) is 4.95. The number of hydrogen-bond donors (Lipinski definition) is 1. The number of nitrogens with one attached hydrogen (secondary N) is 1. The number of carbonyl (C=O) groups excluding carboxylic acids is 2. The van der Waals surface area contributed by atoms with Gasteiger partial charge >= 0.3 is 0 Å². The summed E-state index contributed by atoms with van der Waals surface area (Å²) >= 11 is 1.28. The highest BCUT2D eigenvalue weighted by molar-refractivity contribution is 7.99. The number of fused-ring (bicyclic) bond motifs is 1. The lowest BCUT2D eigenvalue weighted by Gasteiger charge is -2.33. The fourth-order valence-electron chi connectivity index (χ4n) is 3.61. The molecule has 1 N–H and O–H groups in total. The van der Waals surface area contributed by atoms with Gasteiger partial charge in [-0.3, -0.25) is 14.5 Å². The number of thioether (sulfide) groups is 1. The third-order valence-electron chi connectivity index (χ3n) is 5.16. The lowest BCUT2D eigenvalue weighted by molar-refractivity contribution is -0.121. The second-order valence-corrected chi connectivity index (χ2v) is 8.33. The summed E-state index contributed by atoms with van der Waals surface area (Å²) in [5.41, 5.74) is 1.40. The van der Waals surface area contributed by atoms with E-state index in [4.69, 9.17) is 9.47 Å². The van der Waals surface area contributed by atoms with Crippen LogP contribution < -0.4 is 19.7 Å². The molecular weight excluding hydrogens is 442 g/mol. The standard InChI is InChI=1S/C23H25N5O4S/c1-4-31-17-11-9-16(10-12-17)24-20(29)14-33-23-26-25-22(27(23)3)15(2)28-18-7-5-6-8-19(18)32-13-21(28)30/h5-12,15H,4,13-14H2,1-3H3,(H,24,29)/t15-/m1/s1. The van der Waals surface area contributed by atoms with E-state index >= 15 is 0 Å². The molecule has 9 nitrogen and oxygen atoms in total. The first-order valence-electron chi connectivity index (χ1n) is 10.6. The van der Waals surface area contributed by atoms with E-state index < -0.39 is 0 Å². The molecular formula is C23H25N5O4S. The zero-order valence-electron chi connectivity index (χ0n) is 18.6. The molecule has 1 aromatic heterocycles. The van der Waals surface area contributed by atoms with Crippen LogP contribution in [0, 0.1) is 0 Å². The highest BCUT2D eigenvalue weighted by Gasteiger charge is 2.32. The van der Waals surface area contributed by atoms with Gasteiger partial charge in [-0.25, -0.2) is 0 Å². The molecule has 0 fully saturated rings. The fourth-order valence-corrected chi connectivity index (χ4v) is 4.32. The van der Waals surface area contributed by atoms with Crippen molar-refractivity contribution in [2.45, 2.75) is 25.0 Å². The van der Waals surface area contributed by atoms with E-state index in [0.717, 1.165) is 5.75 Å². The topological polar surface area (TPSA) is 98.6 Å². The SMILES string of the molecule is CCOc1ccc(NC(=O)CSc2nnc([C@@H](C)N3C(=O)COc4ccccc43)n2C)cc1. The van der Waals surface area contributed by atoms with Crippen LogP contribution in [-0.4, -0.2) is 45.5 Å². The first kappa shape index (κ1) is 22.7. The van der Waals surface area contributed by atoms with Crippen LogP contribution in [0.4, 0.5) is 11.4 Å². The highest BCUT2D eigenvalue weighted by atomic mass is 32.2. The Bertz CT molecular complexity index is 1150. The van der Waals surface area contributed by atoms with E-state index in [1.54, 1.807) is 17.0 Å². The van der Waals surface area contributed by atoms with Crippen LogP contribution in [0.15, 0.2) is 53.7 Å². The number of para-hydroxylation sites is 2. The summed E-state index contributed by atoms with van der Waals surface area (Å²) in [6, 6.07) is 14.3. The molecule has 4 rings (SSSR count). The lowest BCUT2D eigenvalue weighted by atomic mass is 10.1. The summed E-state index contributed by atoms with van der Waals surface area (Å²) in [5.74, 6) is 1.91. The molecule has 33 heavy (non-hydrogen) atoms. The van der Waals surface area contributed by atoms with Gasteiger partial charge in [0.1, 0.15) is 11.5 Å². The monoisotopic (exact) mass is 467 g/mol. The average molecular weight is 468 g/mol. The van der Waals surface area contributed by atoms with Crippen molar-refractivity contribution in [2.24, 2.45) is 7.05 Å². The Balaban J connectivity index is 1.41. The summed E-state index contributed by atoms with van der Waals surface area (Å²) in [6.45, 7) is 4.39. The third-order valence-corrected chi connectivity index (χ3v) is 6.18. The number of ether oxygens (including phenoxy) is 2. The number of benzene rings is 2. The smallest absolute Gasteiger partial charge is 0.265 e. The van der Waals surface area contributed by atoms with Gasteiger partial charge in [0.05, 0.1) is 24.1 Å². The van der Waals surface area contributed by atoms with E-state index in [0.29, 0.717) is 34.7 Å². The molecule has 10 heteroatoms. The van der Waals surface area contributed by atoms with Gasteiger partial charge in [0.25, 0.3) is 5.91 Å². The van der Waals surface area contributed by atoms with Crippen molar-refractivity contribution in [3.8, 4) is 11.5 Å². The molecule has 172 valence electrons. The summed E-state index contributed by atoms with van der Waals surface area (Å²) in [7, 11) is 1.83. The van der Waals surface area contributed by atoms with Crippen LogP contribution >= 0.6 is 11.8 Å². The molecule has 2 amide bonds. The number of amides is 2. The van der Waals surface area contributed by atoms with Gasteiger partial charge in [-0.2, -0.15) is 0 Å². The van der Waals surface area contributed by atoms with Gasteiger partial charge in [-0.05, 0) is 50.2 Å². The second kappa shape index (κ2) is 9.95. The first-order valence-corrected chi connectivity index (χ1v) is 11.5. The largest absolute Gasteiger partial charge is 0.494 e. The summed E-state index contributed by atoms with van der Waals surface area (Å²) < 4.78 is 12.8. The fraction of sp³-hybridized carbons (Fsp3) is 0.304. The molecule has 1 atom stereocenters. The van der Waals surface area contributed by atoms with Crippen molar-refractivity contribution in [3.63, 3.8) is 0 Å². The van der Waals surface area contributed by atoms with Gasteiger partial charge in [-0.1, -0.05) is 23.9 Å². The second-order valence-electron chi connectivity index (χ2n) is 7.39. The minimum Gasteiger partial charge on any atom is -0.494 e. The summed E-state index contributed by atoms with van der Waals surface area (Å²) in [5, 5.41) is 12.0. The Morgan fingerprint density at radius 1 is 1.21 bits per heavy atom. The van der Waals surface area contributed by atoms with Crippen LogP contribution in [0.25, 0.3) is 0 Å². The van der Waals surface area contributed by atoms with Crippen molar-refractivity contribution in [1.29, 1.82) is 0 Å². The van der Waals surface area contributed by atoms with E-state index in [2.05, 4.69) is 15.5 Å². The molecule has 2 heterocycles. The van der Waals surface area contributed by atoms with Crippen LogP contribution in [0.2, 0.25) is 0 Å². The Labute approximate surface area is 196 Å². The Kier molecular flexibility index (Phi) is 6.83. The van der Waals surface area contributed by atoms with Crippen LogP contribution in [0.1, 0.15) is 25.7 Å². The van der Waals surface area contributed by atoms with E-state index in [-0.39, 0.29) is 30.2 Å². The van der Waals surface area contributed by atoms with Crippen molar-refractivity contribution in [2.75, 3.05) is 29.2 Å². The van der Waals surface area contributed by atoms with Gasteiger partial charge in [-0.15, -0.1) is 10.2 Å². The number of rotatable bonds is 8. The van der Waals surface area contributed by atoms with Crippen LogP contribution in [0.5, 0.6) is 11.5 Å². The Morgan fingerprint density at radius 3 is 2.73 bits per heavy atom. The minimum atomic E-state index is -0.355. The number of nitrogens with zero attached hydrogens (tertiary/aromatic N) is 4. The molecule has 0 unspecified atom stereocenters. The van der Waals surface area contributed by atoms with Gasteiger partial charge in [0.15, 0.2) is 17.6 Å². The quantitative estimate of drug-likeness (QED) is 0.507. The molecule has 0 saturated heterocycles. The first-order chi connectivity index (χ1) is 16.0. The highest BCUT2D eigenvalue weighted by Crippen LogP contribution is 2.37. The molecule has 0 bridgehead atoms. The number of aromatic nitrogens is 3. The Hall–Kier alpha value is -3.53. The predicted octanol–water partition coefficient (Wildman–Crippen LogP) is 3.43. The molecule has 0 spiro atoms. The average Bonchev–Trinajstić information content (AvgIpc) is 3.19. The van der Waals surface area contributed by atoms with Gasteiger partial charge in [0, 0.05) is 12.7 Å². The number of carbonyl (C=O) groups is 2. The molecule has 1 aliphatic rings. The van der Waals surface area contributed by atoms with E-state index in [1.807, 2.05) is 61.9 Å². The normalized spacial score (nSPS) is 13.8. The van der Waals surface area contributed by atoms with Crippen molar-refractivity contribution in [3.05, 3.63) is 54.4 Å². The molecule has 0 radical (unpaired) electrons. The minimum absolute atomic E-state index is 0.0213.